The van der Waals surface area contributed by atoms with Crippen molar-refractivity contribution >= 4 is 17.6 Å². The Kier molecular flexibility index (Phi) is 2.88. The largest absolute Gasteiger partial charge is 0.481 e. The molecule has 0 saturated heterocycles. The molecule has 0 saturated carbocycles. The van der Waals surface area contributed by atoms with Gasteiger partial charge in [0.1, 0.15) is 0 Å². The molecule has 1 aliphatic heterocycles. The van der Waals surface area contributed by atoms with Crippen molar-refractivity contribution < 1.29 is 14.7 Å². The first-order valence-corrected chi connectivity index (χ1v) is 5.60. The summed E-state index contributed by atoms with van der Waals surface area (Å²) >= 11 is 0. The molecule has 0 radical (unpaired) electrons. The molecule has 17 heavy (non-hydrogen) atoms. The van der Waals surface area contributed by atoms with Gasteiger partial charge >= 0.3 is 5.97 Å². The second-order valence-electron chi connectivity index (χ2n) is 4.59. The van der Waals surface area contributed by atoms with Crippen LogP contribution in [-0.2, 0) is 9.59 Å². The van der Waals surface area contributed by atoms with E-state index in [0.717, 1.165) is 22.4 Å². The number of nitrogens with one attached hydrogen (secondary N) is 1. The van der Waals surface area contributed by atoms with Crippen molar-refractivity contribution in [2.75, 3.05) is 5.32 Å². The number of fused-ring (bicyclic) bond motifs is 1. The summed E-state index contributed by atoms with van der Waals surface area (Å²) in [6.45, 7) is 3.90. The molecule has 1 atom stereocenters. The van der Waals surface area contributed by atoms with Crippen LogP contribution in [0.15, 0.2) is 12.1 Å². The van der Waals surface area contributed by atoms with Gasteiger partial charge in [0, 0.05) is 18.0 Å². The SMILES string of the molecule is Cc1cc(C)c2c(c1)C(CC(=O)O)CC(=O)N2. The van der Waals surface area contributed by atoms with Gasteiger partial charge in [0.2, 0.25) is 5.91 Å². The number of aliphatic carboxylic acids is 1. The van der Waals surface area contributed by atoms with Gasteiger partial charge in [0.25, 0.3) is 0 Å². The highest BCUT2D eigenvalue weighted by molar-refractivity contribution is 5.96. The van der Waals surface area contributed by atoms with Crippen molar-refractivity contribution in [3.8, 4) is 0 Å². The second-order valence-corrected chi connectivity index (χ2v) is 4.59. The van der Waals surface area contributed by atoms with Gasteiger partial charge in [-0.1, -0.05) is 17.7 Å². The van der Waals surface area contributed by atoms with E-state index in [1.54, 1.807) is 0 Å². The summed E-state index contributed by atoms with van der Waals surface area (Å²) in [5.41, 5.74) is 3.82. The molecular weight excluding hydrogens is 218 g/mol. The van der Waals surface area contributed by atoms with Gasteiger partial charge in [0.15, 0.2) is 0 Å². The van der Waals surface area contributed by atoms with Crippen LogP contribution in [0.25, 0.3) is 0 Å². The summed E-state index contributed by atoms with van der Waals surface area (Å²) in [6.07, 6.45) is 0.255. The summed E-state index contributed by atoms with van der Waals surface area (Å²) in [7, 11) is 0. The van der Waals surface area contributed by atoms with Gasteiger partial charge < -0.3 is 10.4 Å². The van der Waals surface area contributed by atoms with Crippen molar-refractivity contribution in [1.82, 2.24) is 0 Å². The van der Waals surface area contributed by atoms with Crippen molar-refractivity contribution in [3.63, 3.8) is 0 Å². The molecule has 0 fully saturated rings. The van der Waals surface area contributed by atoms with Crippen molar-refractivity contribution in [2.45, 2.75) is 32.6 Å². The molecule has 2 N–H and O–H groups in total. The van der Waals surface area contributed by atoms with Gasteiger partial charge in [-0.3, -0.25) is 9.59 Å². The fourth-order valence-electron chi connectivity index (χ4n) is 2.41. The lowest BCUT2D eigenvalue weighted by molar-refractivity contribution is -0.137. The molecule has 1 unspecified atom stereocenters. The minimum absolute atomic E-state index is 0.00329. The number of benzene rings is 1. The maximum atomic E-state index is 11.6. The number of carboxylic acid groups (broad SMARTS) is 1. The van der Waals surface area contributed by atoms with Crippen LogP contribution < -0.4 is 5.32 Å². The fourth-order valence-corrected chi connectivity index (χ4v) is 2.41. The lowest BCUT2D eigenvalue weighted by atomic mass is 9.85. The number of hydrogen-bond donors (Lipinski definition) is 2. The zero-order chi connectivity index (χ0) is 12.6. The number of amides is 1. The van der Waals surface area contributed by atoms with Crippen LogP contribution in [0.3, 0.4) is 0 Å². The zero-order valence-corrected chi connectivity index (χ0v) is 9.91. The number of carbonyl (C=O) groups excluding carboxylic acids is 1. The molecule has 1 aromatic rings. The lowest BCUT2D eigenvalue weighted by Crippen LogP contribution is -2.25. The van der Waals surface area contributed by atoms with E-state index < -0.39 is 5.97 Å². The molecular formula is C13H15NO3. The van der Waals surface area contributed by atoms with Crippen LogP contribution in [0.2, 0.25) is 0 Å². The third kappa shape index (κ3) is 2.30. The number of carbonyl (C=O) groups is 2. The Morgan fingerprint density at radius 1 is 1.47 bits per heavy atom. The predicted octanol–water partition coefficient (Wildman–Crippen LogP) is 2.20. The Morgan fingerprint density at radius 3 is 2.82 bits per heavy atom. The standard InChI is InChI=1S/C13H15NO3/c1-7-3-8(2)13-10(4-7)9(6-12(16)17)5-11(15)14-13/h3-4,9H,5-6H2,1-2H3,(H,14,15)(H,16,17). The van der Waals surface area contributed by atoms with Gasteiger partial charge in [-0.2, -0.15) is 0 Å². The van der Waals surface area contributed by atoms with Crippen molar-refractivity contribution in [2.24, 2.45) is 0 Å². The first-order valence-electron chi connectivity index (χ1n) is 5.60. The molecule has 90 valence electrons. The van der Waals surface area contributed by atoms with Crippen LogP contribution in [0.4, 0.5) is 5.69 Å². The Labute approximate surface area is 99.6 Å². The van der Waals surface area contributed by atoms with Gasteiger partial charge in [-0.25, -0.2) is 0 Å². The van der Waals surface area contributed by atoms with Crippen LogP contribution in [0.1, 0.15) is 35.4 Å². The van der Waals surface area contributed by atoms with Gasteiger partial charge in [-0.15, -0.1) is 0 Å². The maximum Gasteiger partial charge on any atom is 0.303 e. The highest BCUT2D eigenvalue weighted by atomic mass is 16.4. The monoisotopic (exact) mass is 233 g/mol. The highest BCUT2D eigenvalue weighted by Gasteiger charge is 2.28. The Balaban J connectivity index is 2.48. The van der Waals surface area contributed by atoms with E-state index in [4.69, 9.17) is 5.11 Å². The molecule has 4 heteroatoms. The second kappa shape index (κ2) is 4.20. The van der Waals surface area contributed by atoms with Crippen molar-refractivity contribution in [3.05, 3.63) is 28.8 Å². The molecule has 1 heterocycles. The zero-order valence-electron chi connectivity index (χ0n) is 9.91. The molecule has 1 amide bonds. The van der Waals surface area contributed by atoms with Crippen molar-refractivity contribution in [1.29, 1.82) is 0 Å². The summed E-state index contributed by atoms with van der Waals surface area (Å²) in [4.78, 5) is 22.4. The minimum atomic E-state index is -0.866. The number of aryl methyl sites for hydroxylation is 2. The van der Waals surface area contributed by atoms with E-state index in [9.17, 15) is 9.59 Å². The maximum absolute atomic E-state index is 11.6. The lowest BCUT2D eigenvalue weighted by Gasteiger charge is -2.26. The molecule has 0 aliphatic carbocycles. The number of rotatable bonds is 2. The van der Waals surface area contributed by atoms with Crippen LogP contribution in [0.5, 0.6) is 0 Å². The Morgan fingerprint density at radius 2 is 2.18 bits per heavy atom. The van der Waals surface area contributed by atoms with Gasteiger partial charge in [-0.05, 0) is 25.0 Å². The molecule has 0 spiro atoms. The van der Waals surface area contributed by atoms with Crippen LogP contribution in [0, 0.1) is 13.8 Å². The first kappa shape index (κ1) is 11.6. The number of carboxylic acids is 1. The predicted molar refractivity (Wildman–Crippen MR) is 64.2 cm³/mol. The topological polar surface area (TPSA) is 66.4 Å². The third-order valence-corrected chi connectivity index (χ3v) is 3.07. The molecule has 2 rings (SSSR count). The Hall–Kier alpha value is -1.84. The minimum Gasteiger partial charge on any atom is -0.481 e. The third-order valence-electron chi connectivity index (χ3n) is 3.07. The van der Waals surface area contributed by atoms with E-state index >= 15 is 0 Å². The summed E-state index contributed by atoms with van der Waals surface area (Å²) < 4.78 is 0. The molecule has 1 aromatic carbocycles. The molecule has 0 bridgehead atoms. The fraction of sp³-hybridized carbons (Fsp3) is 0.385. The average Bonchev–Trinajstić information content (AvgIpc) is 2.19. The summed E-state index contributed by atoms with van der Waals surface area (Å²) in [5, 5.41) is 11.7. The van der Waals surface area contributed by atoms with Gasteiger partial charge in [0.05, 0.1) is 6.42 Å². The van der Waals surface area contributed by atoms with E-state index in [1.807, 2.05) is 26.0 Å². The van der Waals surface area contributed by atoms with E-state index in [1.165, 1.54) is 0 Å². The quantitative estimate of drug-likeness (QED) is 0.823. The number of anilines is 1. The summed E-state index contributed by atoms with van der Waals surface area (Å²) in [5.74, 6) is -1.18. The van der Waals surface area contributed by atoms with E-state index in [-0.39, 0.29) is 24.7 Å². The van der Waals surface area contributed by atoms with E-state index in [0.29, 0.717) is 0 Å². The Bertz CT molecular complexity index is 494. The van der Waals surface area contributed by atoms with Crippen LogP contribution >= 0.6 is 0 Å². The highest BCUT2D eigenvalue weighted by Crippen LogP contribution is 2.37. The average molecular weight is 233 g/mol. The number of hydrogen-bond acceptors (Lipinski definition) is 2. The normalized spacial score (nSPS) is 18.5. The molecule has 0 aromatic heterocycles. The first-order chi connectivity index (χ1) is 7.97. The summed E-state index contributed by atoms with van der Waals surface area (Å²) in [6, 6.07) is 3.96. The van der Waals surface area contributed by atoms with E-state index in [2.05, 4.69) is 5.32 Å². The van der Waals surface area contributed by atoms with Crippen LogP contribution in [-0.4, -0.2) is 17.0 Å². The smallest absolute Gasteiger partial charge is 0.303 e. The molecule has 1 aliphatic rings. The molecule has 4 nitrogen and oxygen atoms in total.